The number of para-hydroxylation sites is 1. The van der Waals surface area contributed by atoms with Gasteiger partial charge in [-0.25, -0.2) is 10.2 Å². The van der Waals surface area contributed by atoms with Crippen molar-refractivity contribution in [1.29, 1.82) is 0 Å². The van der Waals surface area contributed by atoms with Crippen molar-refractivity contribution < 1.29 is 9.59 Å². The van der Waals surface area contributed by atoms with Crippen LogP contribution in [0.3, 0.4) is 0 Å². The van der Waals surface area contributed by atoms with Crippen LogP contribution in [0.4, 0.5) is 16.2 Å². The van der Waals surface area contributed by atoms with Crippen molar-refractivity contribution in [3.05, 3.63) is 83.8 Å². The zero-order valence-electron chi connectivity index (χ0n) is 16.3. The van der Waals surface area contributed by atoms with Crippen LogP contribution in [0.25, 0.3) is 23.1 Å². The molecule has 0 bridgehead atoms. The fourth-order valence-electron chi connectivity index (χ4n) is 3.02. The third kappa shape index (κ3) is 4.67. The molecular formula is C22H19N7O2. The SMILES string of the molecule is NC(=O)NNC(=O)c1ccccc1Nc1ccc2c(/C=C/c3ccccn3)n[nH]c2c1. The molecule has 2 aromatic heterocycles. The minimum atomic E-state index is -0.851. The van der Waals surface area contributed by atoms with Gasteiger partial charge < -0.3 is 11.1 Å². The van der Waals surface area contributed by atoms with E-state index >= 15 is 0 Å². The summed E-state index contributed by atoms with van der Waals surface area (Å²) < 4.78 is 0. The van der Waals surface area contributed by atoms with Gasteiger partial charge in [-0.3, -0.25) is 20.3 Å². The number of carbonyl (C=O) groups excluding carboxylic acids is 2. The van der Waals surface area contributed by atoms with Crippen LogP contribution in [0.1, 0.15) is 21.7 Å². The average Bonchev–Trinajstić information content (AvgIpc) is 3.19. The molecular weight excluding hydrogens is 394 g/mol. The fourth-order valence-corrected chi connectivity index (χ4v) is 3.02. The first kappa shape index (κ1) is 19.6. The Morgan fingerprint density at radius 1 is 0.968 bits per heavy atom. The lowest BCUT2D eigenvalue weighted by molar-refractivity contribution is 0.0938. The summed E-state index contributed by atoms with van der Waals surface area (Å²) in [4.78, 5) is 27.4. The molecule has 0 fully saturated rings. The topological polar surface area (TPSA) is 138 Å². The Balaban J connectivity index is 1.55. The van der Waals surface area contributed by atoms with E-state index in [9.17, 15) is 9.59 Å². The number of nitrogens with two attached hydrogens (primary N) is 1. The molecule has 6 N–H and O–H groups in total. The lowest BCUT2D eigenvalue weighted by Crippen LogP contribution is -2.44. The lowest BCUT2D eigenvalue weighted by Gasteiger charge is -2.12. The Morgan fingerprint density at radius 3 is 2.61 bits per heavy atom. The molecule has 3 amide bonds. The third-order valence-electron chi connectivity index (χ3n) is 4.44. The number of urea groups is 1. The molecule has 0 aliphatic rings. The number of benzene rings is 2. The first-order valence-electron chi connectivity index (χ1n) is 9.39. The molecule has 9 heteroatoms. The summed E-state index contributed by atoms with van der Waals surface area (Å²) in [6.07, 6.45) is 5.54. The van der Waals surface area contributed by atoms with Gasteiger partial charge >= 0.3 is 6.03 Å². The monoisotopic (exact) mass is 413 g/mol. The Hall–Kier alpha value is -4.66. The third-order valence-corrected chi connectivity index (χ3v) is 4.44. The van der Waals surface area contributed by atoms with E-state index in [4.69, 9.17) is 5.73 Å². The number of fused-ring (bicyclic) bond motifs is 1. The normalized spacial score (nSPS) is 10.8. The van der Waals surface area contributed by atoms with Crippen molar-refractivity contribution in [3.63, 3.8) is 0 Å². The van der Waals surface area contributed by atoms with Gasteiger partial charge in [0.05, 0.1) is 28.2 Å². The number of carbonyl (C=O) groups is 2. The van der Waals surface area contributed by atoms with Crippen LogP contribution < -0.4 is 21.9 Å². The van der Waals surface area contributed by atoms with Crippen molar-refractivity contribution >= 4 is 46.4 Å². The number of hydrogen-bond donors (Lipinski definition) is 5. The summed E-state index contributed by atoms with van der Waals surface area (Å²) in [6, 6.07) is 17.5. The minimum absolute atomic E-state index is 0.347. The summed E-state index contributed by atoms with van der Waals surface area (Å²) in [7, 11) is 0. The second kappa shape index (κ2) is 8.78. The van der Waals surface area contributed by atoms with Gasteiger partial charge in [0.25, 0.3) is 5.91 Å². The number of hydrazine groups is 1. The van der Waals surface area contributed by atoms with E-state index in [1.807, 2.05) is 48.6 Å². The maximum absolute atomic E-state index is 12.3. The molecule has 0 aliphatic carbocycles. The summed E-state index contributed by atoms with van der Waals surface area (Å²) >= 11 is 0. The number of aromatic nitrogens is 3. The zero-order valence-corrected chi connectivity index (χ0v) is 16.3. The van der Waals surface area contributed by atoms with Gasteiger partial charge in [0.1, 0.15) is 0 Å². The van der Waals surface area contributed by atoms with Gasteiger partial charge in [0.2, 0.25) is 0 Å². The second-order valence-electron chi connectivity index (χ2n) is 6.57. The van der Waals surface area contributed by atoms with Crippen LogP contribution in [0.2, 0.25) is 0 Å². The van der Waals surface area contributed by atoms with E-state index in [2.05, 4.69) is 31.3 Å². The van der Waals surface area contributed by atoms with Crippen LogP contribution in [0.15, 0.2) is 66.9 Å². The van der Waals surface area contributed by atoms with Crippen molar-refractivity contribution in [2.75, 3.05) is 5.32 Å². The quantitative estimate of drug-likeness (QED) is 0.320. The van der Waals surface area contributed by atoms with Crippen LogP contribution in [-0.2, 0) is 0 Å². The average molecular weight is 413 g/mol. The number of anilines is 2. The molecule has 31 heavy (non-hydrogen) atoms. The highest BCUT2D eigenvalue weighted by molar-refractivity contribution is 6.01. The Morgan fingerprint density at radius 2 is 1.81 bits per heavy atom. The van der Waals surface area contributed by atoms with Gasteiger partial charge in [0, 0.05) is 17.3 Å². The number of primary amides is 1. The molecule has 0 aliphatic heterocycles. The van der Waals surface area contributed by atoms with Crippen molar-refractivity contribution in [3.8, 4) is 0 Å². The van der Waals surface area contributed by atoms with Crippen molar-refractivity contribution in [2.24, 2.45) is 5.73 Å². The van der Waals surface area contributed by atoms with Gasteiger partial charge in [-0.1, -0.05) is 18.2 Å². The van der Waals surface area contributed by atoms with Crippen LogP contribution in [0, 0.1) is 0 Å². The lowest BCUT2D eigenvalue weighted by atomic mass is 10.1. The first-order valence-corrected chi connectivity index (χ1v) is 9.39. The van der Waals surface area contributed by atoms with Crippen LogP contribution >= 0.6 is 0 Å². The molecule has 2 aromatic carbocycles. The number of nitrogens with one attached hydrogen (secondary N) is 4. The van der Waals surface area contributed by atoms with Crippen molar-refractivity contribution in [1.82, 2.24) is 26.0 Å². The number of amides is 3. The highest BCUT2D eigenvalue weighted by Gasteiger charge is 2.12. The number of pyridine rings is 1. The van der Waals surface area contributed by atoms with E-state index in [1.165, 1.54) is 0 Å². The van der Waals surface area contributed by atoms with E-state index in [-0.39, 0.29) is 0 Å². The molecule has 4 aromatic rings. The standard InChI is InChI=1S/C22H19N7O2/c23-22(31)29-28-21(30)17-6-1-2-7-18(17)25-15-8-10-16-19(26-27-20(16)13-15)11-9-14-5-3-4-12-24-14/h1-13,25H,(H,26,27)(H,28,30)(H3,23,29,31)/b11-9+. The maximum atomic E-state index is 12.3. The predicted octanol–water partition coefficient (Wildman–Crippen LogP) is 3.19. The number of H-pyrrole nitrogens is 1. The Bertz CT molecular complexity index is 1270. The van der Waals surface area contributed by atoms with Crippen LogP contribution in [-0.4, -0.2) is 27.1 Å². The minimum Gasteiger partial charge on any atom is -0.355 e. The molecule has 0 unspecified atom stereocenters. The maximum Gasteiger partial charge on any atom is 0.330 e. The molecule has 0 saturated carbocycles. The number of nitrogens with zero attached hydrogens (tertiary/aromatic N) is 2. The summed E-state index contributed by atoms with van der Waals surface area (Å²) in [5, 5.41) is 11.6. The predicted molar refractivity (Wildman–Crippen MR) is 119 cm³/mol. The van der Waals surface area contributed by atoms with E-state index in [1.54, 1.807) is 30.5 Å². The molecule has 2 heterocycles. The van der Waals surface area contributed by atoms with Crippen molar-refractivity contribution in [2.45, 2.75) is 0 Å². The van der Waals surface area contributed by atoms with Gasteiger partial charge in [0.15, 0.2) is 0 Å². The molecule has 154 valence electrons. The first-order chi connectivity index (χ1) is 15.1. The molecule has 0 saturated heterocycles. The number of aromatic amines is 1. The molecule has 0 radical (unpaired) electrons. The smallest absolute Gasteiger partial charge is 0.330 e. The fraction of sp³-hybridized carbons (Fsp3) is 0. The van der Waals surface area contributed by atoms with Gasteiger partial charge in [-0.15, -0.1) is 0 Å². The second-order valence-corrected chi connectivity index (χ2v) is 6.57. The Labute approximate surface area is 177 Å². The highest BCUT2D eigenvalue weighted by atomic mass is 16.2. The largest absolute Gasteiger partial charge is 0.355 e. The molecule has 9 nitrogen and oxygen atoms in total. The molecule has 4 rings (SSSR count). The molecule has 0 atom stereocenters. The summed E-state index contributed by atoms with van der Waals surface area (Å²) in [5.74, 6) is -0.494. The number of rotatable bonds is 5. The zero-order chi connectivity index (χ0) is 21.6. The Kier molecular flexibility index (Phi) is 5.57. The van der Waals surface area contributed by atoms with Gasteiger partial charge in [-0.2, -0.15) is 5.10 Å². The van der Waals surface area contributed by atoms with E-state index in [0.717, 1.165) is 28.0 Å². The number of hydrogen-bond acceptors (Lipinski definition) is 5. The van der Waals surface area contributed by atoms with E-state index in [0.29, 0.717) is 11.3 Å². The molecule has 0 spiro atoms. The highest BCUT2D eigenvalue weighted by Crippen LogP contribution is 2.25. The van der Waals surface area contributed by atoms with Crippen LogP contribution in [0.5, 0.6) is 0 Å². The van der Waals surface area contributed by atoms with Gasteiger partial charge in [-0.05, 0) is 54.6 Å². The van der Waals surface area contributed by atoms with E-state index < -0.39 is 11.9 Å². The summed E-state index contributed by atoms with van der Waals surface area (Å²) in [5.41, 5.74) is 13.5. The summed E-state index contributed by atoms with van der Waals surface area (Å²) in [6.45, 7) is 0.